The maximum Gasteiger partial charge on any atom is 0.339 e. The lowest BCUT2D eigenvalue weighted by Gasteiger charge is -2.15. The maximum absolute atomic E-state index is 12.4. The monoisotopic (exact) mass is 372 g/mol. The molecule has 0 spiro atoms. The van der Waals surface area contributed by atoms with Gasteiger partial charge in [-0.25, -0.2) is 4.79 Å². The van der Waals surface area contributed by atoms with Crippen LogP contribution in [-0.2, 0) is 4.74 Å². The number of carbonyl (C=O) groups excluding carboxylic acids is 2. The van der Waals surface area contributed by atoms with E-state index in [0.29, 0.717) is 17.0 Å². The summed E-state index contributed by atoms with van der Waals surface area (Å²) in [4.78, 5) is 36.9. The van der Waals surface area contributed by atoms with Gasteiger partial charge in [-0.3, -0.25) is 14.9 Å². The summed E-state index contributed by atoms with van der Waals surface area (Å²) in [7, 11) is 4.84. The molecule has 1 atom stereocenters. The Balaban J connectivity index is 2.16. The molecule has 8 heteroatoms. The van der Waals surface area contributed by atoms with E-state index in [-0.39, 0.29) is 17.0 Å². The van der Waals surface area contributed by atoms with Crippen LogP contribution in [0.3, 0.4) is 0 Å². The predicted octanol–water partition coefficient (Wildman–Crippen LogP) is 3.10. The Hall–Kier alpha value is -3.42. The van der Waals surface area contributed by atoms with Crippen LogP contribution in [-0.4, -0.2) is 44.0 Å². The highest BCUT2D eigenvalue weighted by atomic mass is 16.6. The topological polar surface area (TPSA) is 99.0 Å². The molecule has 0 saturated carbocycles. The van der Waals surface area contributed by atoms with Crippen molar-refractivity contribution in [3.63, 3.8) is 0 Å². The first-order valence-electron chi connectivity index (χ1n) is 8.09. The van der Waals surface area contributed by atoms with Gasteiger partial charge in [-0.15, -0.1) is 0 Å². The van der Waals surface area contributed by atoms with Crippen molar-refractivity contribution in [3.05, 3.63) is 63.7 Å². The van der Waals surface area contributed by atoms with Crippen molar-refractivity contribution in [2.75, 3.05) is 26.1 Å². The molecule has 0 aliphatic rings. The fourth-order valence-corrected chi connectivity index (χ4v) is 2.45. The minimum atomic E-state index is -1.04. The molecule has 0 bridgehead atoms. The SMILES string of the molecule is COc1ccc(C(=O)[C@@H](C)OC(=O)c2ccc(N(C)C)c([N+](=O)[O-])c2)cc1. The van der Waals surface area contributed by atoms with Crippen molar-refractivity contribution in [2.24, 2.45) is 0 Å². The normalized spacial score (nSPS) is 11.4. The zero-order valence-electron chi connectivity index (χ0n) is 15.5. The quantitative estimate of drug-likeness (QED) is 0.319. The van der Waals surface area contributed by atoms with E-state index in [1.54, 1.807) is 43.3 Å². The van der Waals surface area contributed by atoms with E-state index in [4.69, 9.17) is 9.47 Å². The van der Waals surface area contributed by atoms with E-state index in [1.807, 2.05) is 0 Å². The number of nitro groups is 1. The summed E-state index contributed by atoms with van der Waals surface area (Å²) in [6.45, 7) is 1.45. The van der Waals surface area contributed by atoms with Gasteiger partial charge in [-0.2, -0.15) is 0 Å². The molecule has 0 N–H and O–H groups in total. The molecule has 0 aliphatic heterocycles. The maximum atomic E-state index is 12.4. The molecule has 0 heterocycles. The smallest absolute Gasteiger partial charge is 0.339 e. The van der Waals surface area contributed by atoms with Gasteiger partial charge in [0.1, 0.15) is 11.4 Å². The van der Waals surface area contributed by atoms with Crippen LogP contribution in [0.1, 0.15) is 27.6 Å². The number of carbonyl (C=O) groups is 2. The minimum absolute atomic E-state index is 0.00156. The number of rotatable bonds is 7. The molecule has 2 aromatic rings. The number of ketones is 1. The Kier molecular flexibility index (Phi) is 6.12. The summed E-state index contributed by atoms with van der Waals surface area (Å²) < 4.78 is 10.2. The van der Waals surface area contributed by atoms with Crippen LogP contribution >= 0.6 is 0 Å². The van der Waals surface area contributed by atoms with Crippen molar-refractivity contribution in [1.82, 2.24) is 0 Å². The Morgan fingerprint density at radius 3 is 2.19 bits per heavy atom. The van der Waals surface area contributed by atoms with E-state index in [0.717, 1.165) is 6.07 Å². The van der Waals surface area contributed by atoms with Crippen molar-refractivity contribution in [3.8, 4) is 5.75 Å². The van der Waals surface area contributed by atoms with Crippen LogP contribution in [0.15, 0.2) is 42.5 Å². The van der Waals surface area contributed by atoms with Gasteiger partial charge in [-0.1, -0.05) is 0 Å². The van der Waals surface area contributed by atoms with Gasteiger partial charge >= 0.3 is 5.97 Å². The second kappa shape index (κ2) is 8.31. The second-order valence-corrected chi connectivity index (χ2v) is 6.00. The summed E-state index contributed by atoms with van der Waals surface area (Å²) in [5, 5.41) is 11.2. The first-order valence-corrected chi connectivity index (χ1v) is 8.09. The zero-order valence-corrected chi connectivity index (χ0v) is 15.5. The van der Waals surface area contributed by atoms with E-state index in [2.05, 4.69) is 0 Å². The highest BCUT2D eigenvalue weighted by Crippen LogP contribution is 2.28. The first-order chi connectivity index (χ1) is 12.7. The van der Waals surface area contributed by atoms with Crippen molar-refractivity contribution in [1.29, 1.82) is 0 Å². The molecule has 0 unspecified atom stereocenters. The molecular formula is C19H20N2O6. The van der Waals surface area contributed by atoms with E-state index < -0.39 is 17.0 Å². The van der Waals surface area contributed by atoms with Gasteiger partial charge in [0.2, 0.25) is 5.78 Å². The van der Waals surface area contributed by atoms with E-state index in [1.165, 1.54) is 26.2 Å². The lowest BCUT2D eigenvalue weighted by molar-refractivity contribution is -0.384. The molecule has 27 heavy (non-hydrogen) atoms. The average molecular weight is 372 g/mol. The first kappa shape index (κ1) is 19.9. The van der Waals surface area contributed by atoms with Gasteiger partial charge in [0.05, 0.1) is 17.6 Å². The highest BCUT2D eigenvalue weighted by molar-refractivity contribution is 6.01. The number of ether oxygens (including phenoxy) is 2. The fraction of sp³-hybridized carbons (Fsp3) is 0.263. The Bertz CT molecular complexity index is 861. The van der Waals surface area contributed by atoms with Crippen LogP contribution in [0.25, 0.3) is 0 Å². The largest absolute Gasteiger partial charge is 0.497 e. The molecule has 0 aliphatic carbocycles. The number of hydrogen-bond donors (Lipinski definition) is 0. The average Bonchev–Trinajstić information content (AvgIpc) is 2.66. The molecule has 0 radical (unpaired) electrons. The van der Waals surface area contributed by atoms with E-state index in [9.17, 15) is 19.7 Å². The molecular weight excluding hydrogens is 352 g/mol. The van der Waals surface area contributed by atoms with Crippen molar-refractivity contribution < 1.29 is 24.0 Å². The van der Waals surface area contributed by atoms with Gasteiger partial charge in [0.15, 0.2) is 6.10 Å². The van der Waals surface area contributed by atoms with E-state index >= 15 is 0 Å². The predicted molar refractivity (Wildman–Crippen MR) is 99.6 cm³/mol. The molecule has 8 nitrogen and oxygen atoms in total. The summed E-state index contributed by atoms with van der Waals surface area (Å²) >= 11 is 0. The standard InChI is InChI=1S/C19H20N2O6/c1-12(18(22)13-5-8-15(26-4)9-6-13)27-19(23)14-7-10-16(20(2)3)17(11-14)21(24)25/h5-12H,1-4H3/t12-/m1/s1. The molecule has 0 saturated heterocycles. The number of methoxy groups -OCH3 is 1. The number of anilines is 1. The molecule has 2 aromatic carbocycles. The summed E-state index contributed by atoms with van der Waals surface area (Å²) in [5.41, 5.74) is 0.509. The minimum Gasteiger partial charge on any atom is -0.497 e. The highest BCUT2D eigenvalue weighted by Gasteiger charge is 2.23. The fourth-order valence-electron chi connectivity index (χ4n) is 2.45. The molecule has 142 valence electrons. The molecule has 0 fully saturated rings. The Labute approximate surface area is 156 Å². The van der Waals surface area contributed by atoms with Crippen LogP contribution in [0.4, 0.5) is 11.4 Å². The van der Waals surface area contributed by atoms with Gasteiger partial charge in [0, 0.05) is 25.7 Å². The van der Waals surface area contributed by atoms with Gasteiger partial charge in [-0.05, 0) is 43.3 Å². The third kappa shape index (κ3) is 4.60. The number of nitro benzene ring substituents is 1. The molecule has 0 aromatic heterocycles. The second-order valence-electron chi connectivity index (χ2n) is 6.00. The number of Topliss-reactive ketones (excluding diaryl/α,β-unsaturated/α-hetero) is 1. The number of nitrogens with zero attached hydrogens (tertiary/aromatic N) is 2. The summed E-state index contributed by atoms with van der Waals surface area (Å²) in [5.74, 6) is -0.590. The van der Waals surface area contributed by atoms with Crippen LogP contribution in [0, 0.1) is 10.1 Å². The van der Waals surface area contributed by atoms with Crippen molar-refractivity contribution >= 4 is 23.1 Å². The zero-order chi connectivity index (χ0) is 20.1. The number of esters is 1. The van der Waals surface area contributed by atoms with Crippen LogP contribution < -0.4 is 9.64 Å². The van der Waals surface area contributed by atoms with Gasteiger partial charge < -0.3 is 14.4 Å². The third-order valence-electron chi connectivity index (χ3n) is 3.92. The van der Waals surface area contributed by atoms with Crippen molar-refractivity contribution in [2.45, 2.75) is 13.0 Å². The molecule has 2 rings (SSSR count). The van der Waals surface area contributed by atoms with Crippen LogP contribution in [0.5, 0.6) is 5.75 Å². The number of hydrogen-bond acceptors (Lipinski definition) is 7. The number of benzene rings is 2. The van der Waals surface area contributed by atoms with Crippen LogP contribution in [0.2, 0.25) is 0 Å². The lowest BCUT2D eigenvalue weighted by Crippen LogP contribution is -2.24. The third-order valence-corrected chi connectivity index (χ3v) is 3.92. The summed E-state index contributed by atoms with van der Waals surface area (Å²) in [6, 6.07) is 10.4. The summed E-state index contributed by atoms with van der Waals surface area (Å²) in [6.07, 6.45) is -1.04. The lowest BCUT2D eigenvalue weighted by atomic mass is 10.1. The van der Waals surface area contributed by atoms with Gasteiger partial charge in [0.25, 0.3) is 5.69 Å². The Morgan fingerprint density at radius 2 is 1.67 bits per heavy atom. The molecule has 0 amide bonds. The Morgan fingerprint density at radius 1 is 1.07 bits per heavy atom.